The van der Waals surface area contributed by atoms with Gasteiger partial charge in [-0.1, -0.05) is 24.6 Å². The van der Waals surface area contributed by atoms with Crippen LogP contribution >= 0.6 is 0 Å². The third-order valence-electron chi connectivity index (χ3n) is 8.00. The molecular formula is C33H32BF2N5O6. The Morgan fingerprint density at radius 1 is 0.979 bits per heavy atom. The van der Waals surface area contributed by atoms with Gasteiger partial charge in [-0.15, -0.1) is 5.06 Å². The number of aromatic nitrogens is 2. The summed E-state index contributed by atoms with van der Waals surface area (Å²) in [5.74, 6) is -1.49. The minimum atomic E-state index is -4.15. The number of nitrogens with one attached hydrogen (secondary N) is 2. The molecule has 0 bridgehead atoms. The molecule has 5 heterocycles. The van der Waals surface area contributed by atoms with Gasteiger partial charge < -0.3 is 37.5 Å². The van der Waals surface area contributed by atoms with Crippen LogP contribution in [0.2, 0.25) is 0 Å². The highest BCUT2D eigenvalue weighted by molar-refractivity contribution is 6.58. The number of hydrogen-bond acceptors (Lipinski definition) is 6. The Labute approximate surface area is 268 Å². The van der Waals surface area contributed by atoms with Crippen LogP contribution in [0.1, 0.15) is 61.2 Å². The van der Waals surface area contributed by atoms with Gasteiger partial charge in [-0.2, -0.15) is 0 Å². The van der Waals surface area contributed by atoms with Gasteiger partial charge in [0.25, 0.3) is 17.7 Å². The maximum Gasteiger partial charge on any atom is 0.737 e. The molecule has 242 valence electrons. The number of carbonyl (C=O) groups is 4. The van der Waals surface area contributed by atoms with E-state index in [0.29, 0.717) is 65.1 Å². The lowest BCUT2D eigenvalue weighted by atomic mass is 9.90. The van der Waals surface area contributed by atoms with Gasteiger partial charge in [0.05, 0.1) is 0 Å². The zero-order valence-corrected chi connectivity index (χ0v) is 25.4. The zero-order chi connectivity index (χ0) is 33.0. The molecule has 3 aliphatic rings. The minimum Gasteiger partial charge on any atom is -0.484 e. The maximum absolute atomic E-state index is 16.0. The predicted molar refractivity (Wildman–Crippen MR) is 170 cm³/mol. The van der Waals surface area contributed by atoms with Crippen molar-refractivity contribution >= 4 is 54.6 Å². The fourth-order valence-corrected chi connectivity index (χ4v) is 5.66. The van der Waals surface area contributed by atoms with E-state index in [4.69, 9.17) is 9.57 Å². The Balaban J connectivity index is 0.944. The van der Waals surface area contributed by atoms with E-state index in [1.54, 1.807) is 85.1 Å². The van der Waals surface area contributed by atoms with Crippen LogP contribution in [-0.4, -0.2) is 68.5 Å². The van der Waals surface area contributed by atoms with Gasteiger partial charge in [0.1, 0.15) is 11.4 Å². The summed E-state index contributed by atoms with van der Waals surface area (Å²) in [6.07, 6.45) is 12.1. The highest BCUT2D eigenvalue weighted by Crippen LogP contribution is 2.34. The number of unbranched alkanes of at least 4 members (excludes halogenated alkanes) is 2. The Hall–Kier alpha value is -5.53. The molecule has 0 radical (unpaired) electrons. The van der Waals surface area contributed by atoms with Crippen molar-refractivity contribution < 1.29 is 41.9 Å². The highest BCUT2D eigenvalue weighted by Gasteiger charge is 2.52. The molecule has 0 spiro atoms. The summed E-state index contributed by atoms with van der Waals surface area (Å²) >= 11 is 0. The van der Waals surface area contributed by atoms with Gasteiger partial charge in [-0.3, -0.25) is 14.4 Å². The van der Waals surface area contributed by atoms with E-state index in [-0.39, 0.29) is 31.8 Å². The second-order valence-corrected chi connectivity index (χ2v) is 11.3. The number of H-pyrrole nitrogens is 1. The second-order valence-electron chi connectivity index (χ2n) is 11.3. The molecule has 2 aromatic heterocycles. The lowest BCUT2D eigenvalue weighted by molar-refractivity contribution is -0.360. The number of carbonyl (C=O) groups excluding carboxylic acids is 4. The number of fused-ring (bicyclic) bond motifs is 2. The van der Waals surface area contributed by atoms with Gasteiger partial charge >= 0.3 is 12.9 Å². The van der Waals surface area contributed by atoms with Crippen LogP contribution in [0, 0.1) is 0 Å². The third-order valence-corrected chi connectivity index (χ3v) is 8.00. The number of hydrogen-bond donors (Lipinski definition) is 2. The molecule has 6 rings (SSSR count). The standard InChI is InChI=1S/C33H32BF2N5O6/c35-34(36)39-24(11-12-25(39)21-26-13-16-29(40(26)34)28-5-4-20-37-28)10-7-23-8-14-27(15-9-23)46-22-30(42)38-19-3-1-2-6-33(45)47-41-31(43)17-18-32(41)44/h4-5,7-16,20-21,37H,1-3,6,17-19,22H2,(H,38,42)/b10-7+. The fourth-order valence-electron chi connectivity index (χ4n) is 5.66. The number of imide groups is 1. The van der Waals surface area contributed by atoms with E-state index in [1.807, 2.05) is 0 Å². The van der Waals surface area contributed by atoms with Crippen molar-refractivity contribution in [3.05, 3.63) is 95.2 Å². The Kier molecular flexibility index (Phi) is 9.00. The molecule has 1 saturated heterocycles. The summed E-state index contributed by atoms with van der Waals surface area (Å²) in [5, 5.41) is 3.28. The second kappa shape index (κ2) is 13.5. The first-order valence-corrected chi connectivity index (χ1v) is 15.4. The molecule has 0 aliphatic carbocycles. The largest absolute Gasteiger partial charge is 0.737 e. The van der Waals surface area contributed by atoms with Crippen LogP contribution in [0.15, 0.2) is 72.6 Å². The smallest absolute Gasteiger partial charge is 0.484 e. The van der Waals surface area contributed by atoms with Crippen LogP contribution in [0.4, 0.5) is 8.63 Å². The van der Waals surface area contributed by atoms with E-state index in [2.05, 4.69) is 10.3 Å². The fraction of sp³-hybridized carbons (Fsp3) is 0.242. The molecule has 0 unspecified atom stereocenters. The Morgan fingerprint density at radius 3 is 2.51 bits per heavy atom. The molecule has 3 amide bonds. The van der Waals surface area contributed by atoms with Gasteiger partial charge in [0.15, 0.2) is 18.0 Å². The topological polar surface area (TPSA) is 126 Å². The summed E-state index contributed by atoms with van der Waals surface area (Å²) in [4.78, 5) is 54.8. The van der Waals surface area contributed by atoms with Crippen LogP contribution in [-0.2, 0) is 24.0 Å². The number of allylic oxidation sites excluding steroid dienone is 2. The van der Waals surface area contributed by atoms with Gasteiger partial charge in [0.2, 0.25) is 0 Å². The van der Waals surface area contributed by atoms with Crippen molar-refractivity contribution in [2.24, 2.45) is 0 Å². The highest BCUT2D eigenvalue weighted by atomic mass is 19.2. The van der Waals surface area contributed by atoms with E-state index in [9.17, 15) is 19.2 Å². The van der Waals surface area contributed by atoms with Crippen molar-refractivity contribution in [2.45, 2.75) is 38.5 Å². The van der Waals surface area contributed by atoms with Crippen molar-refractivity contribution in [1.29, 1.82) is 0 Å². The molecule has 1 aromatic carbocycles. The first-order chi connectivity index (χ1) is 22.7. The molecular weight excluding hydrogens is 611 g/mol. The molecule has 47 heavy (non-hydrogen) atoms. The number of ether oxygens (including phenoxy) is 1. The average Bonchev–Trinajstić information content (AvgIpc) is 3.87. The van der Waals surface area contributed by atoms with Crippen LogP contribution < -0.4 is 10.1 Å². The van der Waals surface area contributed by atoms with Gasteiger partial charge in [-0.05, 0) is 60.9 Å². The number of aromatic amines is 1. The van der Waals surface area contributed by atoms with Crippen LogP contribution in [0.3, 0.4) is 0 Å². The van der Waals surface area contributed by atoms with Gasteiger partial charge in [-0.25, -0.2) is 4.79 Å². The maximum atomic E-state index is 16.0. The van der Waals surface area contributed by atoms with E-state index in [0.717, 1.165) is 14.5 Å². The molecule has 11 nitrogen and oxygen atoms in total. The zero-order valence-electron chi connectivity index (χ0n) is 25.4. The average molecular weight is 643 g/mol. The molecule has 14 heteroatoms. The molecule has 0 atom stereocenters. The molecule has 0 saturated carbocycles. The lowest BCUT2D eigenvalue weighted by Gasteiger charge is -2.30. The summed E-state index contributed by atoms with van der Waals surface area (Å²) in [5.41, 5.74) is 3.03. The Bertz CT molecular complexity index is 1810. The van der Waals surface area contributed by atoms with Crippen molar-refractivity contribution in [2.75, 3.05) is 13.2 Å². The Morgan fingerprint density at radius 2 is 1.77 bits per heavy atom. The first-order valence-electron chi connectivity index (χ1n) is 15.4. The number of amides is 3. The number of benzene rings is 1. The molecule has 1 fully saturated rings. The van der Waals surface area contributed by atoms with Crippen LogP contribution in [0.5, 0.6) is 5.75 Å². The normalized spacial score (nSPS) is 16.5. The summed E-state index contributed by atoms with van der Waals surface area (Å²) in [6.45, 7) is -3.94. The van der Waals surface area contributed by atoms with Crippen LogP contribution in [0.25, 0.3) is 18.2 Å². The number of rotatable bonds is 13. The minimum absolute atomic E-state index is 0.0489. The van der Waals surface area contributed by atoms with E-state index >= 15 is 8.63 Å². The van der Waals surface area contributed by atoms with E-state index < -0.39 is 24.8 Å². The molecule has 3 aliphatic heterocycles. The molecule has 2 N–H and O–H groups in total. The number of halogens is 2. The van der Waals surface area contributed by atoms with Gasteiger partial charge in [0, 0.05) is 61.6 Å². The summed E-state index contributed by atoms with van der Waals surface area (Å²) < 4.78 is 39.7. The quantitative estimate of drug-likeness (QED) is 0.163. The van der Waals surface area contributed by atoms with Crippen molar-refractivity contribution in [1.82, 2.24) is 19.8 Å². The van der Waals surface area contributed by atoms with Crippen molar-refractivity contribution in [3.63, 3.8) is 0 Å². The van der Waals surface area contributed by atoms with Crippen molar-refractivity contribution in [3.8, 4) is 5.75 Å². The molecule has 3 aromatic rings. The monoisotopic (exact) mass is 643 g/mol. The summed E-state index contributed by atoms with van der Waals surface area (Å²) in [6, 6.07) is 13.8. The predicted octanol–water partition coefficient (Wildman–Crippen LogP) is 4.30. The SMILES string of the molecule is O=C(COc1ccc(/C=C/c2ccc3n2[B-](F)(F)[N+]2=C(c4ccc[nH]4)C=CC2=C3)cc1)NCCCCCC(=O)ON1C(=O)CCC1=O. The first kappa shape index (κ1) is 31.5. The van der Waals surface area contributed by atoms with E-state index in [1.165, 1.54) is 0 Å². The third kappa shape index (κ3) is 6.86. The lowest BCUT2D eigenvalue weighted by Crippen LogP contribution is -2.50. The number of nitrogens with zero attached hydrogens (tertiary/aromatic N) is 3. The summed E-state index contributed by atoms with van der Waals surface area (Å²) in [7, 11) is 0. The number of hydroxylamine groups is 2.